The summed E-state index contributed by atoms with van der Waals surface area (Å²) in [4.78, 5) is 46.7. The second kappa shape index (κ2) is 7.80. The van der Waals surface area contributed by atoms with Crippen molar-refractivity contribution in [2.75, 3.05) is 11.1 Å². The largest absolute Gasteiger partial charge is 0.479 e. The minimum absolute atomic E-state index is 0.122. The number of nitrogens with zero attached hydrogens (tertiary/aromatic N) is 1. The number of carbonyl (C=O) groups excluding carboxylic acids is 2. The maximum Gasteiger partial charge on any atom is 0.265 e. The van der Waals surface area contributed by atoms with Gasteiger partial charge in [-0.25, -0.2) is 4.98 Å². The number of fused-ring (bicyclic) bond motifs is 4. The number of thioether (sulfide) groups is 1. The number of rotatable bonds is 4. The van der Waals surface area contributed by atoms with Crippen LogP contribution in [0.4, 0.5) is 5.69 Å². The topological polar surface area (TPSA) is 101 Å². The Hall–Kier alpha value is -2.65. The van der Waals surface area contributed by atoms with E-state index in [0.717, 1.165) is 29.7 Å². The van der Waals surface area contributed by atoms with E-state index in [2.05, 4.69) is 22.2 Å². The molecule has 160 valence electrons. The molecule has 31 heavy (non-hydrogen) atoms. The quantitative estimate of drug-likeness (QED) is 0.353. The molecule has 9 heteroatoms. The van der Waals surface area contributed by atoms with Crippen LogP contribution in [0.3, 0.4) is 0 Å². The predicted molar refractivity (Wildman–Crippen MR) is 122 cm³/mol. The second-order valence-corrected chi connectivity index (χ2v) is 10.1. The summed E-state index contributed by atoms with van der Waals surface area (Å²) >= 11 is 2.80. The van der Waals surface area contributed by atoms with E-state index >= 15 is 0 Å². The van der Waals surface area contributed by atoms with Gasteiger partial charge in [-0.1, -0.05) is 18.7 Å². The average molecular weight is 456 g/mol. The van der Waals surface area contributed by atoms with E-state index in [1.807, 2.05) is 0 Å². The Bertz CT molecular complexity index is 1280. The molecule has 2 unspecified atom stereocenters. The first-order chi connectivity index (χ1) is 14.9. The lowest BCUT2D eigenvalue weighted by Gasteiger charge is -2.23. The highest BCUT2D eigenvalue weighted by molar-refractivity contribution is 7.99. The van der Waals surface area contributed by atoms with E-state index in [0.29, 0.717) is 33.5 Å². The van der Waals surface area contributed by atoms with Gasteiger partial charge in [-0.05, 0) is 55.9 Å². The molecule has 0 saturated carbocycles. The number of carbonyl (C=O) groups is 2. The summed E-state index contributed by atoms with van der Waals surface area (Å²) in [6.07, 6.45) is 2.44. The maximum atomic E-state index is 12.7. The van der Waals surface area contributed by atoms with E-state index in [1.165, 1.54) is 16.6 Å². The van der Waals surface area contributed by atoms with Crippen LogP contribution in [0.1, 0.15) is 41.1 Å². The molecule has 0 fully saturated rings. The van der Waals surface area contributed by atoms with Gasteiger partial charge in [-0.15, -0.1) is 11.3 Å². The lowest BCUT2D eigenvalue weighted by molar-refractivity contribution is -0.122. The second-order valence-electron chi connectivity index (χ2n) is 8.08. The van der Waals surface area contributed by atoms with Gasteiger partial charge in [-0.2, -0.15) is 0 Å². The normalized spacial score (nSPS) is 20.0. The zero-order chi connectivity index (χ0) is 21.7. The SMILES string of the molecule is CC1CCc2c(sc3nc(SCC(=O)c4ccc5c(c4)NC(=O)C(C)O5)[nH]c(=O)c23)C1. The van der Waals surface area contributed by atoms with Crippen molar-refractivity contribution in [1.29, 1.82) is 0 Å². The number of amides is 1. The van der Waals surface area contributed by atoms with Crippen molar-refractivity contribution in [2.24, 2.45) is 5.92 Å². The smallest absolute Gasteiger partial charge is 0.265 e. The van der Waals surface area contributed by atoms with Crippen LogP contribution >= 0.6 is 23.1 Å². The van der Waals surface area contributed by atoms with E-state index in [1.54, 1.807) is 36.5 Å². The van der Waals surface area contributed by atoms with Gasteiger partial charge < -0.3 is 15.0 Å². The summed E-state index contributed by atoms with van der Waals surface area (Å²) < 4.78 is 5.53. The van der Waals surface area contributed by atoms with Crippen molar-refractivity contribution in [3.05, 3.63) is 44.6 Å². The minimum Gasteiger partial charge on any atom is -0.479 e. The molecule has 1 aliphatic carbocycles. The highest BCUT2D eigenvalue weighted by atomic mass is 32.2. The van der Waals surface area contributed by atoms with Gasteiger partial charge in [0, 0.05) is 10.4 Å². The van der Waals surface area contributed by atoms with Gasteiger partial charge in [-0.3, -0.25) is 14.4 Å². The van der Waals surface area contributed by atoms with Crippen LogP contribution in [0.25, 0.3) is 10.2 Å². The summed E-state index contributed by atoms with van der Waals surface area (Å²) in [7, 11) is 0. The molecule has 1 aliphatic heterocycles. The fraction of sp³-hybridized carbons (Fsp3) is 0.364. The van der Waals surface area contributed by atoms with Gasteiger partial charge in [0.05, 0.1) is 16.8 Å². The van der Waals surface area contributed by atoms with E-state index < -0.39 is 6.10 Å². The van der Waals surface area contributed by atoms with Gasteiger partial charge in [0.1, 0.15) is 10.6 Å². The van der Waals surface area contributed by atoms with E-state index in [4.69, 9.17) is 4.74 Å². The third-order valence-corrected chi connectivity index (χ3v) is 7.74. The molecule has 2 atom stereocenters. The molecular weight excluding hydrogens is 434 g/mol. The lowest BCUT2D eigenvalue weighted by atomic mass is 9.89. The summed E-state index contributed by atoms with van der Waals surface area (Å²) in [5, 5.41) is 3.91. The number of hydrogen-bond acceptors (Lipinski definition) is 7. The number of Topliss-reactive ketones (excluding diaryl/α,β-unsaturated/α-hetero) is 1. The van der Waals surface area contributed by atoms with Crippen molar-refractivity contribution < 1.29 is 14.3 Å². The summed E-state index contributed by atoms with van der Waals surface area (Å²) in [6.45, 7) is 3.90. The van der Waals surface area contributed by atoms with Crippen LogP contribution in [0.5, 0.6) is 5.75 Å². The Labute approximate surface area is 186 Å². The Kier molecular flexibility index (Phi) is 5.10. The highest BCUT2D eigenvalue weighted by Gasteiger charge is 2.25. The fourth-order valence-electron chi connectivity index (χ4n) is 4.00. The molecule has 2 N–H and O–H groups in total. The van der Waals surface area contributed by atoms with Crippen LogP contribution in [0, 0.1) is 5.92 Å². The molecule has 2 aromatic heterocycles. The molecule has 0 saturated heterocycles. The number of ether oxygens (including phenoxy) is 1. The molecule has 3 aromatic rings. The summed E-state index contributed by atoms with van der Waals surface area (Å²) in [5.41, 5.74) is 1.97. The van der Waals surface area contributed by atoms with Crippen LogP contribution in [0.15, 0.2) is 28.2 Å². The first-order valence-corrected chi connectivity index (χ1v) is 12.0. The monoisotopic (exact) mass is 455 g/mol. The first-order valence-electron chi connectivity index (χ1n) is 10.2. The number of H-pyrrole nitrogens is 1. The predicted octanol–water partition coefficient (Wildman–Crippen LogP) is 3.80. The van der Waals surface area contributed by atoms with Crippen LogP contribution < -0.4 is 15.6 Å². The van der Waals surface area contributed by atoms with Gasteiger partial charge >= 0.3 is 0 Å². The number of ketones is 1. The molecule has 0 radical (unpaired) electrons. The number of aromatic amines is 1. The summed E-state index contributed by atoms with van der Waals surface area (Å²) in [6, 6.07) is 4.99. The van der Waals surface area contributed by atoms with E-state index in [9.17, 15) is 14.4 Å². The molecule has 3 heterocycles. The Morgan fingerprint density at radius 3 is 3.00 bits per heavy atom. The lowest BCUT2D eigenvalue weighted by Crippen LogP contribution is -2.34. The molecule has 1 aromatic carbocycles. The molecular formula is C22H21N3O4S2. The van der Waals surface area contributed by atoms with Crippen molar-refractivity contribution in [3.8, 4) is 5.75 Å². The van der Waals surface area contributed by atoms with Crippen LogP contribution in [0.2, 0.25) is 0 Å². The number of aryl methyl sites for hydroxylation is 1. The number of benzene rings is 1. The first kappa shape index (κ1) is 20.3. The van der Waals surface area contributed by atoms with Crippen molar-refractivity contribution >= 4 is 50.7 Å². The summed E-state index contributed by atoms with van der Waals surface area (Å²) in [5.74, 6) is 0.933. The van der Waals surface area contributed by atoms with Crippen LogP contribution in [-0.4, -0.2) is 33.5 Å². The standard InChI is InChI=1S/C22H21N3O4S2/c1-10-3-5-13-17(7-10)31-21-18(13)20(28)24-22(25-21)30-9-15(26)12-4-6-16-14(8-12)23-19(27)11(2)29-16/h4,6,8,10-11H,3,5,7,9H2,1-2H3,(H,23,27)(H,24,25,28). The van der Waals surface area contributed by atoms with E-state index in [-0.39, 0.29) is 23.0 Å². The van der Waals surface area contributed by atoms with Crippen molar-refractivity contribution in [1.82, 2.24) is 9.97 Å². The molecule has 0 bridgehead atoms. The third kappa shape index (κ3) is 3.76. The number of aromatic nitrogens is 2. The molecule has 5 rings (SSSR count). The number of anilines is 1. The Morgan fingerprint density at radius 1 is 1.32 bits per heavy atom. The molecule has 2 aliphatic rings. The number of nitrogens with one attached hydrogen (secondary N) is 2. The Balaban J connectivity index is 1.34. The zero-order valence-corrected chi connectivity index (χ0v) is 18.7. The fourth-order valence-corrected chi connectivity index (χ4v) is 6.19. The average Bonchev–Trinajstić information content (AvgIpc) is 3.10. The van der Waals surface area contributed by atoms with Crippen molar-refractivity contribution in [2.45, 2.75) is 44.4 Å². The molecule has 7 nitrogen and oxygen atoms in total. The molecule has 1 amide bonds. The maximum absolute atomic E-state index is 12.7. The zero-order valence-electron chi connectivity index (χ0n) is 17.1. The van der Waals surface area contributed by atoms with Crippen LogP contribution in [-0.2, 0) is 17.6 Å². The number of hydrogen-bond donors (Lipinski definition) is 2. The van der Waals surface area contributed by atoms with Gasteiger partial charge in [0.15, 0.2) is 17.0 Å². The number of thiophene rings is 1. The molecule has 0 spiro atoms. The van der Waals surface area contributed by atoms with Gasteiger partial charge in [0.2, 0.25) is 0 Å². The highest BCUT2D eigenvalue weighted by Crippen LogP contribution is 2.36. The third-order valence-electron chi connectivity index (χ3n) is 5.72. The Morgan fingerprint density at radius 2 is 2.16 bits per heavy atom. The van der Waals surface area contributed by atoms with Crippen molar-refractivity contribution in [3.63, 3.8) is 0 Å². The van der Waals surface area contributed by atoms with Gasteiger partial charge in [0.25, 0.3) is 11.5 Å². The minimum atomic E-state index is -0.562.